The minimum atomic E-state index is -1.43. The molecule has 0 spiro atoms. The van der Waals surface area contributed by atoms with Crippen LogP contribution in [0.4, 0.5) is 0 Å². The third-order valence-corrected chi connectivity index (χ3v) is 6.85. The van der Waals surface area contributed by atoms with Crippen LogP contribution in [0.15, 0.2) is 49.6 Å². The Morgan fingerprint density at radius 1 is 0.742 bits per heavy atom. The molecule has 0 saturated carbocycles. The molecule has 0 aliphatic carbocycles. The number of hydrogen-bond acceptors (Lipinski definition) is 8. The van der Waals surface area contributed by atoms with Crippen LogP contribution in [0, 0.1) is 0 Å². The van der Waals surface area contributed by atoms with Crippen molar-refractivity contribution in [2.75, 3.05) is 13.2 Å². The normalized spacial score (nSPS) is 9.35. The fourth-order valence-electron chi connectivity index (χ4n) is 1.38. The second kappa shape index (κ2) is 27.6. The van der Waals surface area contributed by atoms with E-state index in [0.717, 1.165) is 12.2 Å². The zero-order valence-corrected chi connectivity index (χ0v) is 21.2. The van der Waals surface area contributed by atoms with Crippen LogP contribution >= 0.6 is 0 Å². The maximum absolute atomic E-state index is 10.5. The molecule has 0 aromatic rings. The maximum atomic E-state index is 10.5. The van der Waals surface area contributed by atoms with Crippen molar-refractivity contribution in [3.63, 3.8) is 0 Å². The van der Waals surface area contributed by atoms with Gasteiger partial charge in [-0.25, -0.2) is 9.59 Å². The molecule has 0 saturated heterocycles. The van der Waals surface area contributed by atoms with Gasteiger partial charge in [0.05, 0.1) is 11.9 Å². The van der Waals surface area contributed by atoms with Crippen molar-refractivity contribution in [1.82, 2.24) is 0 Å². The molecular formula is C22H32O8Sn. The van der Waals surface area contributed by atoms with Crippen molar-refractivity contribution in [3.8, 4) is 0 Å². The average molecular weight is 543 g/mol. The monoisotopic (exact) mass is 544 g/mol. The van der Waals surface area contributed by atoms with E-state index in [1.54, 1.807) is 8.87 Å². The van der Waals surface area contributed by atoms with Gasteiger partial charge in [-0.05, 0) is 12.2 Å². The van der Waals surface area contributed by atoms with Crippen molar-refractivity contribution in [3.05, 3.63) is 49.6 Å². The summed E-state index contributed by atoms with van der Waals surface area (Å²) in [7, 11) is 0. The van der Waals surface area contributed by atoms with Gasteiger partial charge < -0.3 is 29.3 Å². The fourth-order valence-corrected chi connectivity index (χ4v) is 5.54. The molecular weight excluding hydrogens is 511 g/mol. The molecule has 0 aromatic carbocycles. The molecule has 0 amide bonds. The number of carboxylic acid groups (broad SMARTS) is 2. The first-order valence-corrected chi connectivity index (χ1v) is 13.8. The molecule has 0 bridgehead atoms. The predicted octanol–water partition coefficient (Wildman–Crippen LogP) is 1.17. The second-order valence-electron chi connectivity index (χ2n) is 5.60. The number of unbranched alkanes of at least 4 members (excludes halogenated alkanes) is 2. The number of carbonyl (C=O) groups excluding carboxylic acids is 4. The van der Waals surface area contributed by atoms with Crippen molar-refractivity contribution in [1.29, 1.82) is 0 Å². The van der Waals surface area contributed by atoms with Crippen LogP contribution in [0.5, 0.6) is 0 Å². The quantitative estimate of drug-likeness (QED) is 0.105. The van der Waals surface area contributed by atoms with Gasteiger partial charge in [0, 0.05) is 12.2 Å². The van der Waals surface area contributed by atoms with E-state index in [0.29, 0.717) is 12.2 Å². The number of hydrogen-bond donors (Lipinski definition) is 0. The third-order valence-electron chi connectivity index (χ3n) is 2.81. The number of aliphatic carboxylic acids is 2. The van der Waals surface area contributed by atoms with Gasteiger partial charge in [0.1, 0.15) is 13.2 Å². The van der Waals surface area contributed by atoms with Gasteiger partial charge in [-0.1, -0.05) is 25.3 Å². The Labute approximate surface area is 194 Å². The minimum absolute atomic E-state index is 0.0657. The van der Waals surface area contributed by atoms with E-state index < -0.39 is 23.9 Å². The van der Waals surface area contributed by atoms with E-state index in [-0.39, 0.29) is 34.4 Å². The molecule has 0 unspecified atom stereocenters. The molecule has 0 radical (unpaired) electrons. The van der Waals surface area contributed by atoms with Crippen LogP contribution in [0.1, 0.15) is 39.5 Å². The summed E-state index contributed by atoms with van der Waals surface area (Å²) in [6.45, 7) is 11.3. The van der Waals surface area contributed by atoms with Gasteiger partial charge in [0.25, 0.3) is 0 Å². The van der Waals surface area contributed by atoms with Crippen molar-refractivity contribution in [2.45, 2.75) is 48.4 Å². The molecule has 0 aliphatic rings. The fraction of sp³-hybridized carbons (Fsp3) is 0.455. The summed E-state index contributed by atoms with van der Waals surface area (Å²) in [5, 5.41) is 19.5. The molecule has 0 atom stereocenters. The standard InChI is InChI=1S/2C7H8O4.2C4H9.Sn/c2*1-2-5-11-7(10)4-3-6(8)9;2*1-3-4-2;/h2*2-4H,1,5H2,(H,8,9);2*1,3-4H2,2H3;/q;;;;+2/p-2. The number of esters is 2. The Bertz CT molecular complexity index is 532. The van der Waals surface area contributed by atoms with E-state index in [1.807, 2.05) is 0 Å². The second-order valence-corrected chi connectivity index (χ2v) is 9.88. The topological polar surface area (TPSA) is 133 Å². The molecule has 0 heterocycles. The van der Waals surface area contributed by atoms with Crippen LogP contribution in [0.25, 0.3) is 0 Å². The van der Waals surface area contributed by atoms with E-state index in [1.165, 1.54) is 37.8 Å². The Balaban J connectivity index is -0.000000382. The van der Waals surface area contributed by atoms with Gasteiger partial charge in [-0.15, -0.1) is 0 Å². The van der Waals surface area contributed by atoms with Gasteiger partial charge in [0.15, 0.2) is 0 Å². The van der Waals surface area contributed by atoms with Crippen LogP contribution < -0.4 is 10.2 Å². The molecule has 172 valence electrons. The molecule has 9 heteroatoms. The summed E-state index contributed by atoms with van der Waals surface area (Å²) in [5.41, 5.74) is 0. The first-order valence-electron chi connectivity index (χ1n) is 9.79. The first-order chi connectivity index (χ1) is 14.7. The molecule has 8 nitrogen and oxygen atoms in total. The zero-order chi connectivity index (χ0) is 24.3. The van der Waals surface area contributed by atoms with Crippen LogP contribution in [0.2, 0.25) is 8.87 Å². The summed E-state index contributed by atoms with van der Waals surface area (Å²) in [6.07, 6.45) is 11.4. The molecule has 31 heavy (non-hydrogen) atoms. The Kier molecular flexibility index (Phi) is 29.7. The van der Waals surface area contributed by atoms with Crippen LogP contribution in [0.3, 0.4) is 0 Å². The van der Waals surface area contributed by atoms with Crippen LogP contribution in [-0.4, -0.2) is 58.2 Å². The molecule has 0 aromatic heterocycles. The number of carbonyl (C=O) groups is 4. The zero-order valence-electron chi connectivity index (χ0n) is 18.3. The Morgan fingerprint density at radius 2 is 1.10 bits per heavy atom. The Morgan fingerprint density at radius 3 is 1.35 bits per heavy atom. The summed E-state index contributed by atoms with van der Waals surface area (Å²) < 4.78 is 12.1. The number of ether oxygens (including phenoxy) is 2. The van der Waals surface area contributed by atoms with Gasteiger partial charge in [-0.2, -0.15) is 0 Å². The summed E-state index contributed by atoms with van der Waals surface area (Å²) in [5.74, 6) is -4.32. The number of carboxylic acids is 2. The molecule has 0 N–H and O–H groups in total. The first kappa shape index (κ1) is 33.3. The van der Waals surface area contributed by atoms with Crippen molar-refractivity contribution < 1.29 is 38.9 Å². The summed E-state index contributed by atoms with van der Waals surface area (Å²) in [6, 6.07) is 0. The average Bonchev–Trinajstić information content (AvgIpc) is 2.74. The molecule has 0 rings (SSSR count). The third kappa shape index (κ3) is 38.8. The summed E-state index contributed by atoms with van der Waals surface area (Å²) in [4.78, 5) is 40.4. The van der Waals surface area contributed by atoms with Gasteiger partial charge >= 0.3 is 81.5 Å². The van der Waals surface area contributed by atoms with Gasteiger partial charge in [-0.3, -0.25) is 0 Å². The SMILES string of the molecule is C=CCOC(=O)C=CC(=O)[O-].C=CCOC(=O)C=CC(=O)[O-].CCC[CH2][Sn+2][CH2]CCC. The van der Waals surface area contributed by atoms with Gasteiger partial charge in [0.2, 0.25) is 0 Å². The molecule has 0 fully saturated rings. The van der Waals surface area contributed by atoms with E-state index >= 15 is 0 Å². The van der Waals surface area contributed by atoms with E-state index in [2.05, 4.69) is 36.5 Å². The number of rotatable bonds is 14. The predicted molar refractivity (Wildman–Crippen MR) is 116 cm³/mol. The van der Waals surface area contributed by atoms with Crippen molar-refractivity contribution >= 4 is 45.0 Å². The Hall–Kier alpha value is -2.36. The van der Waals surface area contributed by atoms with Crippen molar-refractivity contribution in [2.24, 2.45) is 0 Å². The van der Waals surface area contributed by atoms with E-state index in [9.17, 15) is 29.4 Å². The van der Waals surface area contributed by atoms with Crippen LogP contribution in [-0.2, 0) is 28.7 Å². The molecule has 0 aliphatic heterocycles. The summed E-state index contributed by atoms with van der Waals surface area (Å²) >= 11 is 0.149. The van der Waals surface area contributed by atoms with E-state index in [4.69, 9.17) is 0 Å².